The number of hydrogen-bond acceptors (Lipinski definition) is 7. The summed E-state index contributed by atoms with van der Waals surface area (Å²) >= 11 is 0. The average Bonchev–Trinajstić information content (AvgIpc) is 2.91. The van der Waals surface area contributed by atoms with Crippen molar-refractivity contribution < 1.29 is 22.8 Å². The fourth-order valence-electron chi connectivity index (χ4n) is 3.62. The van der Waals surface area contributed by atoms with Crippen LogP contribution in [0.5, 0.6) is 0 Å². The number of anilines is 2. The summed E-state index contributed by atoms with van der Waals surface area (Å²) in [7, 11) is 0. The maximum Gasteiger partial charge on any atom is 0.470 e. The predicted molar refractivity (Wildman–Crippen MR) is 145 cm³/mol. The molecule has 0 unspecified atom stereocenters. The van der Waals surface area contributed by atoms with Crippen LogP contribution in [0.1, 0.15) is 16.8 Å². The van der Waals surface area contributed by atoms with Gasteiger partial charge in [-0.05, 0) is 42.0 Å². The fraction of sp³-hybridized carbons (Fsp3) is 0.222. The smallest absolute Gasteiger partial charge is 0.383 e. The van der Waals surface area contributed by atoms with Crippen molar-refractivity contribution in [1.29, 1.82) is 0 Å². The van der Waals surface area contributed by atoms with Gasteiger partial charge < -0.3 is 22.1 Å². The first kappa shape index (κ1) is 29.6. The SMILES string of the molecule is Cc1cnc(NCCc2ccccc2)c(=O)n1CC(=O)NCc1ccc2c(N)nccc2c1.NC(=O)C(F)(F)F. The summed E-state index contributed by atoms with van der Waals surface area (Å²) in [5.41, 5.74) is 12.1. The van der Waals surface area contributed by atoms with Crippen molar-refractivity contribution in [2.75, 3.05) is 17.6 Å². The monoisotopic (exact) mass is 555 g/mol. The number of primary amides is 1. The van der Waals surface area contributed by atoms with Gasteiger partial charge in [0.05, 0.1) is 0 Å². The van der Waals surface area contributed by atoms with Crippen LogP contribution >= 0.6 is 0 Å². The van der Waals surface area contributed by atoms with E-state index in [0.717, 1.165) is 22.8 Å². The number of benzene rings is 2. The van der Waals surface area contributed by atoms with Crippen molar-refractivity contribution in [3.63, 3.8) is 0 Å². The van der Waals surface area contributed by atoms with E-state index in [-0.39, 0.29) is 23.8 Å². The summed E-state index contributed by atoms with van der Waals surface area (Å²) < 4.78 is 33.5. The molecule has 0 aliphatic heterocycles. The summed E-state index contributed by atoms with van der Waals surface area (Å²) in [6.45, 7) is 2.60. The van der Waals surface area contributed by atoms with Gasteiger partial charge in [0, 0.05) is 36.6 Å². The minimum atomic E-state index is -4.86. The van der Waals surface area contributed by atoms with Crippen LogP contribution in [-0.2, 0) is 29.1 Å². The summed E-state index contributed by atoms with van der Waals surface area (Å²) in [5, 5.41) is 7.80. The van der Waals surface area contributed by atoms with Gasteiger partial charge in [0.15, 0.2) is 5.82 Å². The number of carbonyl (C=O) groups is 2. The summed E-state index contributed by atoms with van der Waals surface area (Å²) in [5.74, 6) is -1.79. The van der Waals surface area contributed by atoms with Gasteiger partial charge in [0.2, 0.25) is 5.91 Å². The van der Waals surface area contributed by atoms with Crippen LogP contribution in [0.4, 0.5) is 24.8 Å². The molecule has 210 valence electrons. The van der Waals surface area contributed by atoms with E-state index in [0.29, 0.717) is 24.6 Å². The van der Waals surface area contributed by atoms with Crippen LogP contribution in [0, 0.1) is 6.92 Å². The van der Waals surface area contributed by atoms with Crippen molar-refractivity contribution in [2.24, 2.45) is 5.73 Å². The number of rotatable bonds is 8. The lowest BCUT2D eigenvalue weighted by Gasteiger charge is -2.13. The van der Waals surface area contributed by atoms with E-state index >= 15 is 0 Å². The Bertz CT molecular complexity index is 1540. The average molecular weight is 556 g/mol. The number of pyridine rings is 1. The van der Waals surface area contributed by atoms with Gasteiger partial charge in [-0.15, -0.1) is 0 Å². The molecule has 0 bridgehead atoms. The Hall–Kier alpha value is -4.94. The number of nitrogen functional groups attached to an aromatic ring is 1. The molecule has 4 rings (SSSR count). The van der Waals surface area contributed by atoms with Gasteiger partial charge in [0.1, 0.15) is 12.4 Å². The molecule has 0 radical (unpaired) electrons. The van der Waals surface area contributed by atoms with Crippen molar-refractivity contribution >= 4 is 34.2 Å². The molecule has 0 aliphatic carbocycles. The van der Waals surface area contributed by atoms with Gasteiger partial charge in [-0.3, -0.25) is 19.0 Å². The van der Waals surface area contributed by atoms with Gasteiger partial charge in [-0.1, -0.05) is 42.5 Å². The fourth-order valence-corrected chi connectivity index (χ4v) is 3.62. The Labute approximate surface area is 227 Å². The van der Waals surface area contributed by atoms with E-state index < -0.39 is 12.1 Å². The van der Waals surface area contributed by atoms with Crippen molar-refractivity contribution in [3.05, 3.63) is 94.2 Å². The lowest BCUT2D eigenvalue weighted by molar-refractivity contribution is -0.169. The normalized spacial score (nSPS) is 10.9. The summed E-state index contributed by atoms with van der Waals surface area (Å²) in [4.78, 5) is 42.9. The quantitative estimate of drug-likeness (QED) is 0.260. The molecule has 13 heteroatoms. The van der Waals surface area contributed by atoms with Crippen molar-refractivity contribution in [3.8, 4) is 0 Å². The number of nitrogens with one attached hydrogen (secondary N) is 2. The third-order valence-corrected chi connectivity index (χ3v) is 5.73. The minimum Gasteiger partial charge on any atom is -0.383 e. The molecule has 0 saturated carbocycles. The van der Waals surface area contributed by atoms with Crippen molar-refractivity contribution in [2.45, 2.75) is 32.6 Å². The third kappa shape index (κ3) is 8.28. The zero-order chi connectivity index (χ0) is 29.3. The first-order chi connectivity index (χ1) is 19.0. The van der Waals surface area contributed by atoms with Crippen LogP contribution < -0.4 is 27.7 Å². The molecule has 0 spiro atoms. The van der Waals surface area contributed by atoms with E-state index in [1.165, 1.54) is 10.1 Å². The Balaban J connectivity index is 0.000000559. The molecule has 2 heterocycles. The third-order valence-electron chi connectivity index (χ3n) is 5.73. The molecule has 2 amide bonds. The second-order valence-electron chi connectivity index (χ2n) is 8.69. The Morgan fingerprint density at radius 2 is 1.73 bits per heavy atom. The predicted octanol–water partition coefficient (Wildman–Crippen LogP) is 2.69. The molecular formula is C27H28F3N7O3. The number of nitrogens with zero attached hydrogens (tertiary/aromatic N) is 3. The summed E-state index contributed by atoms with van der Waals surface area (Å²) in [6, 6.07) is 17.6. The molecule has 10 nitrogen and oxygen atoms in total. The van der Waals surface area contributed by atoms with Crippen LogP contribution in [0.3, 0.4) is 0 Å². The maximum absolute atomic E-state index is 12.9. The Morgan fingerprint density at radius 3 is 2.40 bits per heavy atom. The zero-order valence-corrected chi connectivity index (χ0v) is 21.5. The van der Waals surface area contributed by atoms with E-state index in [1.807, 2.05) is 54.6 Å². The molecule has 0 fully saturated rings. The topological polar surface area (TPSA) is 158 Å². The Morgan fingerprint density at radius 1 is 1.02 bits per heavy atom. The second kappa shape index (κ2) is 13.2. The van der Waals surface area contributed by atoms with Crippen LogP contribution in [0.2, 0.25) is 0 Å². The second-order valence-corrected chi connectivity index (χ2v) is 8.69. The van der Waals surface area contributed by atoms with Crippen LogP contribution in [-0.4, -0.2) is 39.1 Å². The van der Waals surface area contributed by atoms with Crippen molar-refractivity contribution in [1.82, 2.24) is 19.9 Å². The number of aromatic nitrogens is 3. The molecule has 6 N–H and O–H groups in total. The highest BCUT2D eigenvalue weighted by atomic mass is 19.4. The Kier molecular flexibility index (Phi) is 9.79. The molecule has 0 atom stereocenters. The van der Waals surface area contributed by atoms with Gasteiger partial charge in [-0.2, -0.15) is 13.2 Å². The molecule has 40 heavy (non-hydrogen) atoms. The largest absolute Gasteiger partial charge is 0.470 e. The maximum atomic E-state index is 12.9. The van der Waals surface area contributed by atoms with E-state index in [2.05, 4.69) is 26.3 Å². The standard InChI is InChI=1S/C25H26N6O2.C2H2F3NO/c1-17-14-30-24(28-11-9-18-5-3-2-4-6-18)25(33)31(17)16-22(32)29-15-19-7-8-21-20(13-19)10-12-27-23(21)26;3-2(4,5)1(6)7/h2-8,10,12-14H,9,11,15-16H2,1H3,(H2,26,27)(H,28,30)(H,29,32);(H2,6,7). The van der Waals surface area contributed by atoms with Gasteiger partial charge in [0.25, 0.3) is 5.56 Å². The highest BCUT2D eigenvalue weighted by Gasteiger charge is 2.35. The number of hydrogen-bond donors (Lipinski definition) is 4. The number of nitrogens with two attached hydrogens (primary N) is 2. The molecule has 0 aliphatic rings. The number of halogens is 3. The molecule has 2 aromatic carbocycles. The summed E-state index contributed by atoms with van der Waals surface area (Å²) in [6.07, 6.45) is -0.838. The molecule has 2 aromatic heterocycles. The first-order valence-electron chi connectivity index (χ1n) is 12.1. The number of amides is 2. The molecule has 0 saturated heterocycles. The number of carbonyl (C=O) groups excluding carboxylic acids is 2. The zero-order valence-electron chi connectivity index (χ0n) is 21.5. The van der Waals surface area contributed by atoms with Gasteiger partial charge >= 0.3 is 12.1 Å². The van der Waals surface area contributed by atoms with E-state index in [9.17, 15) is 22.8 Å². The number of alkyl halides is 3. The van der Waals surface area contributed by atoms with E-state index in [4.69, 9.17) is 10.5 Å². The van der Waals surface area contributed by atoms with Crippen LogP contribution in [0.15, 0.2) is 71.8 Å². The van der Waals surface area contributed by atoms with Crippen LogP contribution in [0.25, 0.3) is 10.8 Å². The van der Waals surface area contributed by atoms with E-state index in [1.54, 1.807) is 19.3 Å². The first-order valence-corrected chi connectivity index (χ1v) is 12.1. The number of fused-ring (bicyclic) bond motifs is 1. The number of aryl methyl sites for hydroxylation is 1. The van der Waals surface area contributed by atoms with Gasteiger partial charge in [-0.25, -0.2) is 9.97 Å². The molecule has 4 aromatic rings. The highest BCUT2D eigenvalue weighted by molar-refractivity contribution is 5.91. The molecular weight excluding hydrogens is 527 g/mol. The lowest BCUT2D eigenvalue weighted by atomic mass is 10.1. The minimum absolute atomic E-state index is 0.0784. The lowest BCUT2D eigenvalue weighted by Crippen LogP contribution is -2.34. The highest BCUT2D eigenvalue weighted by Crippen LogP contribution is 2.19.